The molecule has 152 valence electrons. The number of para-hydroxylation sites is 1. The number of nitrogens with zero attached hydrogens (tertiary/aromatic N) is 2. The van der Waals surface area contributed by atoms with Gasteiger partial charge in [-0.2, -0.15) is 0 Å². The first-order chi connectivity index (χ1) is 13.1. The summed E-state index contributed by atoms with van der Waals surface area (Å²) in [6, 6.07) is 7.90. The monoisotopic (exact) mass is 441 g/mol. The van der Waals surface area contributed by atoms with Crippen molar-refractivity contribution >= 4 is 21.9 Å². The molecule has 0 bridgehead atoms. The average Bonchev–Trinajstić information content (AvgIpc) is 2.68. The number of nitrogens with one attached hydrogen (secondary N) is 1. The highest BCUT2D eigenvalue weighted by molar-refractivity contribution is 9.10. The summed E-state index contributed by atoms with van der Waals surface area (Å²) >= 11 is 3.52. The van der Waals surface area contributed by atoms with Crippen molar-refractivity contribution < 1.29 is 14.2 Å². The first kappa shape index (κ1) is 22.0. The first-order valence-electron chi connectivity index (χ1n) is 9.61. The standard InChI is InChI=1S/C20H32BrN3O3/c1-16(27-19-8-5-4-7-18(19)21)15-23-20(22-2)24-11-9-17(10-12-24)26-14-6-13-25-3/h4-5,7-8,16-17H,6,9-15H2,1-3H3,(H,22,23). The second-order valence-electron chi connectivity index (χ2n) is 6.69. The SMILES string of the molecule is CN=C(NCC(C)Oc1ccccc1Br)N1CCC(OCCCOC)CC1. The molecule has 1 aliphatic heterocycles. The zero-order chi connectivity index (χ0) is 19.5. The van der Waals surface area contributed by atoms with Gasteiger partial charge in [0.1, 0.15) is 11.9 Å². The van der Waals surface area contributed by atoms with E-state index < -0.39 is 0 Å². The predicted octanol–water partition coefficient (Wildman–Crippen LogP) is 3.31. The molecule has 7 heteroatoms. The van der Waals surface area contributed by atoms with Crippen molar-refractivity contribution in [1.29, 1.82) is 0 Å². The van der Waals surface area contributed by atoms with E-state index in [2.05, 4.69) is 38.1 Å². The molecular weight excluding hydrogens is 410 g/mol. The van der Waals surface area contributed by atoms with Crippen LogP contribution in [0.4, 0.5) is 0 Å². The molecular formula is C20H32BrN3O3. The van der Waals surface area contributed by atoms with Crippen molar-refractivity contribution in [2.75, 3.05) is 47.0 Å². The number of halogens is 1. The van der Waals surface area contributed by atoms with Gasteiger partial charge in [-0.25, -0.2) is 0 Å². The van der Waals surface area contributed by atoms with Crippen LogP contribution in [-0.2, 0) is 9.47 Å². The van der Waals surface area contributed by atoms with E-state index in [4.69, 9.17) is 14.2 Å². The van der Waals surface area contributed by atoms with Crippen molar-refractivity contribution in [2.24, 2.45) is 4.99 Å². The summed E-state index contributed by atoms with van der Waals surface area (Å²) in [6.45, 7) is 6.19. The van der Waals surface area contributed by atoms with E-state index in [1.807, 2.05) is 31.3 Å². The van der Waals surface area contributed by atoms with E-state index in [-0.39, 0.29) is 6.10 Å². The highest BCUT2D eigenvalue weighted by Crippen LogP contribution is 2.24. The number of rotatable bonds is 9. The minimum Gasteiger partial charge on any atom is -0.488 e. The highest BCUT2D eigenvalue weighted by atomic mass is 79.9. The van der Waals surface area contributed by atoms with Crippen molar-refractivity contribution in [1.82, 2.24) is 10.2 Å². The van der Waals surface area contributed by atoms with Gasteiger partial charge in [0.25, 0.3) is 0 Å². The van der Waals surface area contributed by atoms with E-state index in [0.717, 1.165) is 61.7 Å². The largest absolute Gasteiger partial charge is 0.488 e. The van der Waals surface area contributed by atoms with Gasteiger partial charge in [-0.05, 0) is 54.2 Å². The first-order valence-corrected chi connectivity index (χ1v) is 10.4. The fourth-order valence-corrected chi connectivity index (χ4v) is 3.43. The maximum Gasteiger partial charge on any atom is 0.193 e. The van der Waals surface area contributed by atoms with Gasteiger partial charge in [0.05, 0.1) is 17.1 Å². The van der Waals surface area contributed by atoms with Gasteiger partial charge in [0.2, 0.25) is 0 Å². The van der Waals surface area contributed by atoms with Crippen LogP contribution in [0.15, 0.2) is 33.7 Å². The molecule has 1 aromatic rings. The molecule has 1 N–H and O–H groups in total. The Morgan fingerprint density at radius 1 is 1.30 bits per heavy atom. The molecule has 0 amide bonds. The number of likely N-dealkylation sites (tertiary alicyclic amines) is 1. The summed E-state index contributed by atoms with van der Waals surface area (Å²) < 4.78 is 18.0. The Kier molecular flexibility index (Phi) is 9.94. The Balaban J connectivity index is 1.70. The molecule has 0 aromatic heterocycles. The Bertz CT molecular complexity index is 577. The Morgan fingerprint density at radius 3 is 2.70 bits per heavy atom. The second kappa shape index (κ2) is 12.2. The zero-order valence-electron chi connectivity index (χ0n) is 16.6. The molecule has 0 aliphatic carbocycles. The topological polar surface area (TPSA) is 55.3 Å². The van der Waals surface area contributed by atoms with Gasteiger partial charge in [0.15, 0.2) is 5.96 Å². The van der Waals surface area contributed by atoms with Crippen molar-refractivity contribution in [3.63, 3.8) is 0 Å². The smallest absolute Gasteiger partial charge is 0.193 e. The van der Waals surface area contributed by atoms with Gasteiger partial charge >= 0.3 is 0 Å². The van der Waals surface area contributed by atoms with Crippen LogP contribution in [0.5, 0.6) is 5.75 Å². The number of guanidine groups is 1. The van der Waals surface area contributed by atoms with Crippen molar-refractivity contribution in [3.05, 3.63) is 28.7 Å². The number of hydrogen-bond donors (Lipinski definition) is 1. The lowest BCUT2D eigenvalue weighted by Gasteiger charge is -2.34. The molecule has 1 saturated heterocycles. The third-order valence-electron chi connectivity index (χ3n) is 4.51. The van der Waals surface area contributed by atoms with Crippen LogP contribution in [0.3, 0.4) is 0 Å². The molecule has 27 heavy (non-hydrogen) atoms. The average molecular weight is 442 g/mol. The molecule has 6 nitrogen and oxygen atoms in total. The van der Waals surface area contributed by atoms with Crippen LogP contribution in [0.25, 0.3) is 0 Å². The van der Waals surface area contributed by atoms with Crippen LogP contribution in [-0.4, -0.2) is 70.1 Å². The Morgan fingerprint density at radius 2 is 2.04 bits per heavy atom. The summed E-state index contributed by atoms with van der Waals surface area (Å²) in [7, 11) is 3.55. The number of benzene rings is 1. The number of aliphatic imine (C=N–C) groups is 1. The van der Waals surface area contributed by atoms with E-state index in [0.29, 0.717) is 12.6 Å². The van der Waals surface area contributed by atoms with Crippen LogP contribution < -0.4 is 10.1 Å². The zero-order valence-corrected chi connectivity index (χ0v) is 18.2. The highest BCUT2D eigenvalue weighted by Gasteiger charge is 2.22. The second-order valence-corrected chi connectivity index (χ2v) is 7.54. The van der Waals surface area contributed by atoms with Crippen molar-refractivity contribution in [3.8, 4) is 5.75 Å². The molecule has 2 rings (SSSR count). The molecule has 0 saturated carbocycles. The molecule has 1 aliphatic rings. The van der Waals surface area contributed by atoms with Crippen LogP contribution in [0.2, 0.25) is 0 Å². The lowest BCUT2D eigenvalue weighted by molar-refractivity contribution is 0.00984. The van der Waals surface area contributed by atoms with Crippen LogP contribution in [0.1, 0.15) is 26.2 Å². The third kappa shape index (κ3) is 7.68. The van der Waals surface area contributed by atoms with Crippen molar-refractivity contribution in [2.45, 2.75) is 38.4 Å². The molecule has 1 heterocycles. The number of methoxy groups -OCH3 is 1. The van der Waals surface area contributed by atoms with Gasteiger partial charge in [-0.3, -0.25) is 4.99 Å². The molecule has 1 aromatic carbocycles. The molecule has 1 unspecified atom stereocenters. The Hall–Kier alpha value is -1.31. The number of hydrogen-bond acceptors (Lipinski definition) is 4. The number of ether oxygens (including phenoxy) is 3. The molecule has 1 fully saturated rings. The third-order valence-corrected chi connectivity index (χ3v) is 5.17. The van der Waals surface area contributed by atoms with E-state index in [9.17, 15) is 0 Å². The van der Waals surface area contributed by atoms with E-state index in [1.165, 1.54) is 0 Å². The summed E-state index contributed by atoms with van der Waals surface area (Å²) in [6.07, 6.45) is 3.37. The van der Waals surface area contributed by atoms with Gasteiger partial charge in [-0.1, -0.05) is 12.1 Å². The summed E-state index contributed by atoms with van der Waals surface area (Å²) in [5.41, 5.74) is 0. The lowest BCUT2D eigenvalue weighted by atomic mass is 10.1. The maximum atomic E-state index is 6.00. The fraction of sp³-hybridized carbons (Fsp3) is 0.650. The van der Waals surface area contributed by atoms with Crippen LogP contribution >= 0.6 is 15.9 Å². The fourth-order valence-electron chi connectivity index (χ4n) is 3.05. The normalized spacial score (nSPS) is 17.0. The molecule has 1 atom stereocenters. The summed E-state index contributed by atoms with van der Waals surface area (Å²) in [4.78, 5) is 6.72. The van der Waals surface area contributed by atoms with Gasteiger partial charge in [-0.15, -0.1) is 0 Å². The predicted molar refractivity (Wildman–Crippen MR) is 113 cm³/mol. The maximum absolute atomic E-state index is 6.00. The van der Waals surface area contributed by atoms with Gasteiger partial charge in [0, 0.05) is 40.5 Å². The van der Waals surface area contributed by atoms with E-state index >= 15 is 0 Å². The van der Waals surface area contributed by atoms with E-state index in [1.54, 1.807) is 7.11 Å². The number of piperidine rings is 1. The molecule has 0 radical (unpaired) electrons. The minimum atomic E-state index is 0.0297. The molecule has 0 spiro atoms. The van der Waals surface area contributed by atoms with Gasteiger partial charge < -0.3 is 24.4 Å². The quantitative estimate of drug-likeness (QED) is 0.361. The van der Waals surface area contributed by atoms with Crippen LogP contribution in [0, 0.1) is 0 Å². The minimum absolute atomic E-state index is 0.0297. The Labute approximate surface area is 171 Å². The summed E-state index contributed by atoms with van der Waals surface area (Å²) in [5, 5.41) is 3.43. The lowest BCUT2D eigenvalue weighted by Crippen LogP contribution is -2.48. The summed E-state index contributed by atoms with van der Waals surface area (Å²) in [5.74, 6) is 1.78.